The second kappa shape index (κ2) is 13.9. The van der Waals surface area contributed by atoms with E-state index in [1.54, 1.807) is 16.7 Å². The zero-order valence-electron chi connectivity index (χ0n) is 21.9. The standard InChI is InChI=1S/C31H38N2O2S/c1-23(2)19-32-31(35)29(18-26-11-7-5-8-12-26)33(20-27-13-9-6-10-14-27)30(34)22-36-21-28-16-24(3)15-25(4)17-28/h5-17,23,29H,18-22H2,1-4H3,(H,32,35)/t29-/m1/s1. The van der Waals surface area contributed by atoms with E-state index in [2.05, 4.69) is 51.2 Å². The maximum absolute atomic E-state index is 13.7. The third-order valence-electron chi connectivity index (χ3n) is 5.93. The summed E-state index contributed by atoms with van der Waals surface area (Å²) in [4.78, 5) is 28.9. The van der Waals surface area contributed by atoms with Gasteiger partial charge in [-0.15, -0.1) is 11.8 Å². The van der Waals surface area contributed by atoms with Crippen molar-refractivity contribution in [3.63, 3.8) is 0 Å². The SMILES string of the molecule is Cc1cc(C)cc(CSCC(=O)N(Cc2ccccc2)[C@H](Cc2ccccc2)C(=O)NCC(C)C)c1. The highest BCUT2D eigenvalue weighted by molar-refractivity contribution is 7.99. The number of hydrogen-bond acceptors (Lipinski definition) is 3. The van der Waals surface area contributed by atoms with Gasteiger partial charge in [0.15, 0.2) is 0 Å². The predicted molar refractivity (Wildman–Crippen MR) is 151 cm³/mol. The fraction of sp³-hybridized carbons (Fsp3) is 0.355. The molecule has 190 valence electrons. The van der Waals surface area contributed by atoms with Gasteiger partial charge < -0.3 is 10.2 Å². The molecule has 0 aromatic heterocycles. The quantitative estimate of drug-likeness (QED) is 0.333. The molecule has 4 nitrogen and oxygen atoms in total. The summed E-state index contributed by atoms with van der Waals surface area (Å²) in [6.45, 7) is 9.32. The molecule has 0 aliphatic carbocycles. The summed E-state index contributed by atoms with van der Waals surface area (Å²) in [6, 6.07) is 25.8. The average molecular weight is 503 g/mol. The zero-order valence-corrected chi connectivity index (χ0v) is 22.7. The molecule has 1 N–H and O–H groups in total. The second-order valence-electron chi connectivity index (χ2n) is 9.84. The summed E-state index contributed by atoms with van der Waals surface area (Å²) in [7, 11) is 0. The number of aryl methyl sites for hydroxylation is 2. The molecule has 36 heavy (non-hydrogen) atoms. The molecule has 5 heteroatoms. The second-order valence-corrected chi connectivity index (χ2v) is 10.8. The number of nitrogens with zero attached hydrogens (tertiary/aromatic N) is 1. The number of nitrogens with one attached hydrogen (secondary N) is 1. The summed E-state index contributed by atoms with van der Waals surface area (Å²) < 4.78 is 0. The van der Waals surface area contributed by atoms with Crippen molar-refractivity contribution in [3.8, 4) is 0 Å². The highest BCUT2D eigenvalue weighted by Crippen LogP contribution is 2.20. The summed E-state index contributed by atoms with van der Waals surface area (Å²) in [5.41, 5.74) is 5.73. The van der Waals surface area contributed by atoms with Gasteiger partial charge in [0.25, 0.3) is 0 Å². The van der Waals surface area contributed by atoms with Gasteiger partial charge in [-0.05, 0) is 36.5 Å². The lowest BCUT2D eigenvalue weighted by molar-refractivity contribution is -0.139. The molecule has 3 aromatic carbocycles. The van der Waals surface area contributed by atoms with Gasteiger partial charge in [-0.25, -0.2) is 0 Å². The van der Waals surface area contributed by atoms with E-state index >= 15 is 0 Å². The van der Waals surface area contributed by atoms with Gasteiger partial charge in [-0.2, -0.15) is 0 Å². The van der Waals surface area contributed by atoms with E-state index in [0.717, 1.165) is 16.9 Å². The van der Waals surface area contributed by atoms with Crippen LogP contribution in [0, 0.1) is 19.8 Å². The number of benzene rings is 3. The first-order valence-corrected chi connectivity index (χ1v) is 13.8. The first-order valence-electron chi connectivity index (χ1n) is 12.6. The van der Waals surface area contributed by atoms with Gasteiger partial charge in [0, 0.05) is 25.3 Å². The van der Waals surface area contributed by atoms with E-state index in [1.807, 2.05) is 60.7 Å². The lowest BCUT2D eigenvalue weighted by Gasteiger charge is -2.32. The van der Waals surface area contributed by atoms with Crippen molar-refractivity contribution in [2.45, 2.75) is 52.5 Å². The minimum Gasteiger partial charge on any atom is -0.354 e. The first kappa shape index (κ1) is 27.5. The van der Waals surface area contributed by atoms with Crippen LogP contribution in [0.1, 0.15) is 41.7 Å². The van der Waals surface area contributed by atoms with Crippen LogP contribution in [0.3, 0.4) is 0 Å². The Morgan fingerprint density at radius 2 is 1.42 bits per heavy atom. The molecule has 0 heterocycles. The normalized spacial score (nSPS) is 11.8. The highest BCUT2D eigenvalue weighted by Gasteiger charge is 2.30. The van der Waals surface area contributed by atoms with Crippen molar-refractivity contribution in [2.75, 3.05) is 12.3 Å². The highest BCUT2D eigenvalue weighted by atomic mass is 32.2. The number of rotatable bonds is 12. The van der Waals surface area contributed by atoms with Crippen LogP contribution in [0.15, 0.2) is 78.9 Å². The van der Waals surface area contributed by atoms with Gasteiger partial charge in [-0.1, -0.05) is 104 Å². The molecule has 0 saturated heterocycles. The Balaban J connectivity index is 1.82. The molecule has 0 bridgehead atoms. The van der Waals surface area contributed by atoms with Crippen molar-refractivity contribution in [3.05, 3.63) is 107 Å². The van der Waals surface area contributed by atoms with E-state index in [1.165, 1.54) is 16.7 Å². The van der Waals surface area contributed by atoms with Crippen molar-refractivity contribution >= 4 is 23.6 Å². The van der Waals surface area contributed by atoms with Crippen LogP contribution in [0.25, 0.3) is 0 Å². The Labute approximate surface area is 220 Å². The number of carbonyl (C=O) groups excluding carboxylic acids is 2. The largest absolute Gasteiger partial charge is 0.354 e. The van der Waals surface area contributed by atoms with Crippen LogP contribution < -0.4 is 5.32 Å². The van der Waals surface area contributed by atoms with Crippen molar-refractivity contribution in [1.29, 1.82) is 0 Å². The summed E-state index contributed by atoms with van der Waals surface area (Å²) in [5.74, 6) is 1.29. The molecule has 0 aliphatic heterocycles. The molecular formula is C31H38N2O2S. The van der Waals surface area contributed by atoms with Crippen molar-refractivity contribution < 1.29 is 9.59 Å². The molecule has 3 aromatic rings. The van der Waals surface area contributed by atoms with Crippen LogP contribution >= 0.6 is 11.8 Å². The Bertz CT molecular complexity index is 1100. The lowest BCUT2D eigenvalue weighted by Crippen LogP contribution is -2.51. The van der Waals surface area contributed by atoms with Crippen molar-refractivity contribution in [1.82, 2.24) is 10.2 Å². The van der Waals surface area contributed by atoms with E-state index in [4.69, 9.17) is 0 Å². The molecule has 0 unspecified atom stereocenters. The first-order chi connectivity index (χ1) is 17.3. The molecule has 0 fully saturated rings. The van der Waals surface area contributed by atoms with Crippen LogP contribution in [0.4, 0.5) is 0 Å². The molecule has 1 atom stereocenters. The molecule has 2 amide bonds. The fourth-order valence-electron chi connectivity index (χ4n) is 4.25. The van der Waals surface area contributed by atoms with Crippen LogP contribution in [0.2, 0.25) is 0 Å². The maximum atomic E-state index is 13.7. The molecule has 0 radical (unpaired) electrons. The number of thioether (sulfide) groups is 1. The summed E-state index contributed by atoms with van der Waals surface area (Å²) in [5, 5.41) is 3.08. The van der Waals surface area contributed by atoms with Crippen molar-refractivity contribution in [2.24, 2.45) is 5.92 Å². The average Bonchev–Trinajstić information content (AvgIpc) is 2.85. The van der Waals surface area contributed by atoms with Crippen LogP contribution in [0.5, 0.6) is 0 Å². The molecule has 0 saturated carbocycles. The zero-order chi connectivity index (χ0) is 25.9. The Kier molecular flexibility index (Phi) is 10.6. The van der Waals surface area contributed by atoms with Gasteiger partial charge in [0.1, 0.15) is 6.04 Å². The lowest BCUT2D eigenvalue weighted by atomic mass is 10.0. The monoisotopic (exact) mass is 502 g/mol. The minimum atomic E-state index is -0.583. The minimum absolute atomic E-state index is 0.0196. The topological polar surface area (TPSA) is 49.4 Å². The van der Waals surface area contributed by atoms with E-state index in [-0.39, 0.29) is 11.8 Å². The Hall–Kier alpha value is -3.05. The van der Waals surface area contributed by atoms with E-state index in [0.29, 0.717) is 31.2 Å². The Morgan fingerprint density at radius 1 is 0.833 bits per heavy atom. The third-order valence-corrected chi connectivity index (χ3v) is 6.92. The van der Waals surface area contributed by atoms with Gasteiger partial charge in [-0.3, -0.25) is 9.59 Å². The van der Waals surface area contributed by atoms with Gasteiger partial charge >= 0.3 is 0 Å². The maximum Gasteiger partial charge on any atom is 0.243 e. The fourth-order valence-corrected chi connectivity index (χ4v) is 5.09. The van der Waals surface area contributed by atoms with Gasteiger partial charge in [0.2, 0.25) is 11.8 Å². The molecule has 0 aliphatic rings. The number of amides is 2. The summed E-state index contributed by atoms with van der Waals surface area (Å²) in [6.07, 6.45) is 0.477. The van der Waals surface area contributed by atoms with Crippen LogP contribution in [-0.4, -0.2) is 35.1 Å². The summed E-state index contributed by atoms with van der Waals surface area (Å²) >= 11 is 1.60. The van der Waals surface area contributed by atoms with E-state index < -0.39 is 6.04 Å². The predicted octanol–water partition coefficient (Wildman–Crippen LogP) is 5.95. The number of carbonyl (C=O) groups is 2. The number of hydrogen-bond donors (Lipinski definition) is 1. The van der Waals surface area contributed by atoms with Gasteiger partial charge in [0.05, 0.1) is 5.75 Å². The molecular weight excluding hydrogens is 464 g/mol. The molecule has 0 spiro atoms. The third kappa shape index (κ3) is 8.87. The van der Waals surface area contributed by atoms with Crippen LogP contribution in [-0.2, 0) is 28.3 Å². The van der Waals surface area contributed by atoms with E-state index in [9.17, 15) is 9.59 Å². The Morgan fingerprint density at radius 3 is 2.00 bits per heavy atom. The molecule has 3 rings (SSSR count). The smallest absolute Gasteiger partial charge is 0.243 e.